The Balaban J connectivity index is 1.76. The van der Waals surface area contributed by atoms with Gasteiger partial charge in [0.1, 0.15) is 18.3 Å². The van der Waals surface area contributed by atoms with Crippen LogP contribution < -0.4 is 0 Å². The predicted molar refractivity (Wildman–Crippen MR) is 104 cm³/mol. The minimum Gasteiger partial charge on any atom is -0.376 e. The second kappa shape index (κ2) is 12.9. The zero-order valence-corrected chi connectivity index (χ0v) is 15.9. The number of ether oxygens (including phenoxy) is 4. The molecular weight excluding hydrogens is 360 g/mol. The molecule has 150 valence electrons. The Bertz CT molecular complexity index is 676. The van der Waals surface area contributed by atoms with Crippen LogP contribution in [0.4, 0.5) is 0 Å². The van der Waals surface area contributed by atoms with Crippen molar-refractivity contribution in [2.24, 2.45) is 0 Å². The fourth-order valence-electron chi connectivity index (χ4n) is 2.51. The van der Waals surface area contributed by atoms with Crippen molar-refractivity contribution in [1.29, 1.82) is 0 Å². The van der Waals surface area contributed by atoms with E-state index in [2.05, 4.69) is 0 Å². The summed E-state index contributed by atoms with van der Waals surface area (Å²) in [5, 5.41) is 0. The monoisotopic (exact) mass is 386 g/mol. The van der Waals surface area contributed by atoms with Crippen LogP contribution in [-0.4, -0.2) is 51.2 Å². The molecule has 0 aromatic heterocycles. The molecule has 0 saturated heterocycles. The maximum absolute atomic E-state index is 11.4. The largest absolute Gasteiger partial charge is 0.376 e. The Morgan fingerprint density at radius 3 is 1.93 bits per heavy atom. The summed E-state index contributed by atoms with van der Waals surface area (Å²) in [7, 11) is 1.47. The number of hydrogen-bond donors (Lipinski definition) is 0. The molecule has 0 fully saturated rings. The van der Waals surface area contributed by atoms with Crippen molar-refractivity contribution >= 4 is 12.6 Å². The number of carbonyl (C=O) groups excluding carboxylic acids is 2. The molecule has 0 spiro atoms. The van der Waals surface area contributed by atoms with Crippen LogP contribution in [0.25, 0.3) is 0 Å². The van der Waals surface area contributed by atoms with Gasteiger partial charge in [-0.2, -0.15) is 0 Å². The fraction of sp³-hybridized carbons (Fsp3) is 0.364. The molecule has 0 heterocycles. The zero-order valence-electron chi connectivity index (χ0n) is 15.9. The van der Waals surface area contributed by atoms with Crippen LogP contribution in [0.2, 0.25) is 0 Å². The van der Waals surface area contributed by atoms with Gasteiger partial charge in [-0.25, -0.2) is 0 Å². The lowest BCUT2D eigenvalue weighted by molar-refractivity contribution is -0.143. The van der Waals surface area contributed by atoms with Gasteiger partial charge in [0.15, 0.2) is 12.6 Å². The Hall–Kier alpha value is -2.38. The molecule has 28 heavy (non-hydrogen) atoms. The van der Waals surface area contributed by atoms with Crippen molar-refractivity contribution < 1.29 is 28.5 Å². The predicted octanol–water partition coefficient (Wildman–Crippen LogP) is 2.59. The maximum Gasteiger partial charge on any atom is 0.151 e. The van der Waals surface area contributed by atoms with E-state index < -0.39 is 18.3 Å². The lowest BCUT2D eigenvalue weighted by Crippen LogP contribution is -2.38. The lowest BCUT2D eigenvalue weighted by Gasteiger charge is -2.23. The van der Waals surface area contributed by atoms with Crippen LogP contribution in [0, 0.1) is 0 Å². The first kappa shape index (κ1) is 21.9. The van der Waals surface area contributed by atoms with Crippen LogP contribution in [-0.2, 0) is 41.8 Å². The molecule has 2 aromatic carbocycles. The topological polar surface area (TPSA) is 71.1 Å². The third-order valence-electron chi connectivity index (χ3n) is 4.11. The molecular formula is C22H26O6. The van der Waals surface area contributed by atoms with Crippen LogP contribution in [0.3, 0.4) is 0 Å². The SMILES string of the molecule is CO[C@@H](CO[C@@H](C=O)COCc1ccccc1)[C@H](C=O)OCc1ccccc1. The summed E-state index contributed by atoms with van der Waals surface area (Å²) >= 11 is 0. The van der Waals surface area contributed by atoms with Crippen molar-refractivity contribution in [2.45, 2.75) is 31.5 Å². The third-order valence-corrected chi connectivity index (χ3v) is 4.11. The Morgan fingerprint density at radius 2 is 1.39 bits per heavy atom. The summed E-state index contributed by atoms with van der Waals surface area (Å²) in [6.07, 6.45) is -0.816. The molecule has 0 aliphatic rings. The van der Waals surface area contributed by atoms with Gasteiger partial charge in [-0.15, -0.1) is 0 Å². The van der Waals surface area contributed by atoms with Gasteiger partial charge in [-0.3, -0.25) is 0 Å². The van der Waals surface area contributed by atoms with E-state index in [1.54, 1.807) is 0 Å². The molecule has 6 nitrogen and oxygen atoms in total. The Morgan fingerprint density at radius 1 is 0.786 bits per heavy atom. The first-order valence-corrected chi connectivity index (χ1v) is 9.09. The molecule has 0 aliphatic heterocycles. The minimum absolute atomic E-state index is 0.0345. The number of hydrogen-bond acceptors (Lipinski definition) is 6. The van der Waals surface area contributed by atoms with Crippen LogP contribution in [0.5, 0.6) is 0 Å². The van der Waals surface area contributed by atoms with Gasteiger partial charge in [0, 0.05) is 7.11 Å². The van der Waals surface area contributed by atoms with Gasteiger partial charge in [0.25, 0.3) is 0 Å². The average Bonchev–Trinajstić information content (AvgIpc) is 2.76. The molecule has 0 amide bonds. The molecule has 0 unspecified atom stereocenters. The molecule has 2 rings (SSSR count). The highest BCUT2D eigenvalue weighted by atomic mass is 16.6. The molecule has 0 saturated carbocycles. The van der Waals surface area contributed by atoms with Crippen molar-refractivity contribution in [1.82, 2.24) is 0 Å². The number of rotatable bonds is 14. The normalized spacial score (nSPS) is 14.2. The summed E-state index contributed by atoms with van der Waals surface area (Å²) in [6, 6.07) is 19.2. The highest BCUT2D eigenvalue weighted by Gasteiger charge is 2.23. The summed E-state index contributed by atoms with van der Waals surface area (Å²) in [5.41, 5.74) is 1.96. The van der Waals surface area contributed by atoms with E-state index >= 15 is 0 Å². The zero-order chi connectivity index (χ0) is 20.0. The molecule has 2 aromatic rings. The standard InChI is InChI=1S/C22H26O6/c1-25-22(21(13-24)28-15-19-10-6-3-7-11-19)17-27-20(12-23)16-26-14-18-8-4-2-5-9-18/h2-13,20-22H,14-17H2,1H3/t20-,21-,22-/m0/s1. The van der Waals surface area contributed by atoms with Crippen molar-refractivity contribution in [3.63, 3.8) is 0 Å². The van der Waals surface area contributed by atoms with Gasteiger partial charge in [-0.1, -0.05) is 60.7 Å². The van der Waals surface area contributed by atoms with E-state index in [-0.39, 0.29) is 19.8 Å². The van der Waals surface area contributed by atoms with Crippen molar-refractivity contribution in [3.8, 4) is 0 Å². The van der Waals surface area contributed by atoms with Gasteiger partial charge < -0.3 is 28.5 Å². The summed E-state index contributed by atoms with van der Waals surface area (Å²) in [6.45, 7) is 0.819. The third kappa shape index (κ3) is 7.70. The van der Waals surface area contributed by atoms with E-state index in [1.807, 2.05) is 60.7 Å². The minimum atomic E-state index is -0.803. The van der Waals surface area contributed by atoms with Gasteiger partial charge in [0.2, 0.25) is 0 Å². The first-order valence-electron chi connectivity index (χ1n) is 9.09. The number of carbonyl (C=O) groups is 2. The highest BCUT2D eigenvalue weighted by Crippen LogP contribution is 2.09. The second-order valence-corrected chi connectivity index (χ2v) is 6.18. The molecule has 0 aliphatic carbocycles. The van der Waals surface area contributed by atoms with Crippen LogP contribution >= 0.6 is 0 Å². The highest BCUT2D eigenvalue weighted by molar-refractivity contribution is 5.57. The lowest BCUT2D eigenvalue weighted by atomic mass is 10.2. The maximum atomic E-state index is 11.4. The molecule has 6 heteroatoms. The quantitative estimate of drug-likeness (QED) is 0.465. The van der Waals surface area contributed by atoms with Gasteiger partial charge >= 0.3 is 0 Å². The van der Waals surface area contributed by atoms with E-state index in [0.717, 1.165) is 11.1 Å². The summed E-state index contributed by atoms with van der Waals surface area (Å²) in [4.78, 5) is 22.7. The van der Waals surface area contributed by atoms with E-state index in [0.29, 0.717) is 19.2 Å². The van der Waals surface area contributed by atoms with E-state index in [4.69, 9.17) is 18.9 Å². The summed E-state index contributed by atoms with van der Waals surface area (Å²) < 4.78 is 22.1. The summed E-state index contributed by atoms with van der Waals surface area (Å²) in [5.74, 6) is 0. The second-order valence-electron chi connectivity index (χ2n) is 6.18. The smallest absolute Gasteiger partial charge is 0.151 e. The number of methoxy groups -OCH3 is 1. The molecule has 0 bridgehead atoms. The van der Waals surface area contributed by atoms with Gasteiger partial charge in [0.05, 0.1) is 26.4 Å². The molecule has 3 atom stereocenters. The van der Waals surface area contributed by atoms with Crippen molar-refractivity contribution in [2.75, 3.05) is 20.3 Å². The van der Waals surface area contributed by atoms with Crippen LogP contribution in [0.15, 0.2) is 60.7 Å². The number of benzene rings is 2. The molecule has 0 radical (unpaired) electrons. The first-order chi connectivity index (χ1) is 13.8. The Labute approximate surface area is 165 Å². The fourth-order valence-corrected chi connectivity index (χ4v) is 2.51. The van der Waals surface area contributed by atoms with Crippen LogP contribution in [0.1, 0.15) is 11.1 Å². The average molecular weight is 386 g/mol. The van der Waals surface area contributed by atoms with E-state index in [9.17, 15) is 9.59 Å². The van der Waals surface area contributed by atoms with Gasteiger partial charge in [-0.05, 0) is 11.1 Å². The van der Waals surface area contributed by atoms with Crippen molar-refractivity contribution in [3.05, 3.63) is 71.8 Å². The van der Waals surface area contributed by atoms with E-state index in [1.165, 1.54) is 7.11 Å². The Kier molecular flexibility index (Phi) is 10.1. The number of aldehydes is 2. The molecule has 0 N–H and O–H groups in total.